The van der Waals surface area contributed by atoms with E-state index in [0.29, 0.717) is 0 Å². The van der Waals surface area contributed by atoms with Gasteiger partial charge in [-0.3, -0.25) is 0 Å². The Kier molecular flexibility index (Phi) is 2.03. The first-order valence-corrected chi connectivity index (χ1v) is 4.00. The van der Waals surface area contributed by atoms with E-state index in [1.165, 1.54) is 5.19 Å². The lowest BCUT2D eigenvalue weighted by molar-refractivity contribution is 0.283. The molecule has 9 heavy (non-hydrogen) atoms. The molecule has 0 amide bonds. The maximum absolute atomic E-state index is 8.74. The van der Waals surface area contributed by atoms with Crippen LogP contribution in [0.25, 0.3) is 0 Å². The van der Waals surface area contributed by atoms with Crippen LogP contribution in [0, 0.1) is 0 Å². The van der Waals surface area contributed by atoms with E-state index >= 15 is 0 Å². The van der Waals surface area contributed by atoms with E-state index in [0.717, 1.165) is 15.8 Å². The molecule has 1 nitrogen and oxygen atoms in total. The van der Waals surface area contributed by atoms with E-state index in [1.807, 2.05) is 18.2 Å². The third-order valence-electron chi connectivity index (χ3n) is 1.43. The van der Waals surface area contributed by atoms with Gasteiger partial charge in [-0.1, -0.05) is 29.5 Å². The highest BCUT2D eigenvalue weighted by Gasteiger charge is 1.90. The predicted octanol–water partition coefficient (Wildman–Crippen LogP) is -0.830. The van der Waals surface area contributed by atoms with Crippen LogP contribution in [0.5, 0.6) is 0 Å². The molecule has 0 aliphatic carbocycles. The second-order valence-electron chi connectivity index (χ2n) is 2.08. The van der Waals surface area contributed by atoms with Crippen molar-refractivity contribution in [3.8, 4) is 0 Å². The quantitative estimate of drug-likeness (QED) is 0.502. The van der Waals surface area contributed by atoms with Gasteiger partial charge in [0.1, 0.15) is 0 Å². The van der Waals surface area contributed by atoms with Crippen LogP contribution in [-0.2, 0) is 6.61 Å². The molecule has 0 radical (unpaired) electrons. The summed E-state index contributed by atoms with van der Waals surface area (Å²) < 4.78 is 0. The lowest BCUT2D eigenvalue weighted by Gasteiger charge is -1.98. The van der Waals surface area contributed by atoms with Crippen molar-refractivity contribution in [1.82, 2.24) is 0 Å². The molecule has 0 unspecified atom stereocenters. The minimum Gasteiger partial charge on any atom is -0.392 e. The number of rotatable bonds is 1. The lowest BCUT2D eigenvalue weighted by Crippen LogP contribution is -2.08. The van der Waals surface area contributed by atoms with Gasteiger partial charge in [0.15, 0.2) is 0 Å². The highest BCUT2D eigenvalue weighted by Crippen LogP contribution is 1.91. The van der Waals surface area contributed by atoms with Gasteiger partial charge in [-0.25, -0.2) is 0 Å². The molecule has 0 aromatic heterocycles. The van der Waals surface area contributed by atoms with Crippen LogP contribution in [0.1, 0.15) is 5.56 Å². The van der Waals surface area contributed by atoms with Gasteiger partial charge in [0, 0.05) is 10.2 Å². The smallest absolute Gasteiger partial charge is 0.0680 e. The van der Waals surface area contributed by atoms with E-state index in [2.05, 4.69) is 6.07 Å². The number of benzene rings is 1. The fourth-order valence-corrected chi connectivity index (χ4v) is 1.30. The third kappa shape index (κ3) is 1.40. The zero-order chi connectivity index (χ0) is 6.69. The third-order valence-corrected chi connectivity index (χ3v) is 2.41. The topological polar surface area (TPSA) is 20.2 Å². The number of aliphatic hydroxyl groups is 1. The van der Waals surface area contributed by atoms with Crippen molar-refractivity contribution < 1.29 is 5.11 Å². The van der Waals surface area contributed by atoms with Crippen molar-refractivity contribution in [3.63, 3.8) is 0 Å². The minimum absolute atomic E-state index is 0.180. The van der Waals surface area contributed by atoms with Gasteiger partial charge in [0.25, 0.3) is 0 Å². The van der Waals surface area contributed by atoms with Crippen LogP contribution >= 0.6 is 0 Å². The summed E-state index contributed by atoms with van der Waals surface area (Å²) in [6, 6.07) is 7.97. The molecule has 1 N–H and O–H groups in total. The van der Waals surface area contributed by atoms with Gasteiger partial charge < -0.3 is 5.11 Å². The summed E-state index contributed by atoms with van der Waals surface area (Å²) in [6.45, 7) is 0.180. The van der Waals surface area contributed by atoms with Crippen molar-refractivity contribution in [2.45, 2.75) is 6.61 Å². The lowest BCUT2D eigenvalue weighted by atomic mass is 10.2. The molecule has 0 fully saturated rings. The molecule has 2 heteroatoms. The van der Waals surface area contributed by atoms with Crippen molar-refractivity contribution >= 4 is 15.4 Å². The van der Waals surface area contributed by atoms with Gasteiger partial charge in [-0.05, 0) is 5.56 Å². The van der Waals surface area contributed by atoms with Crippen molar-refractivity contribution in [3.05, 3.63) is 29.8 Å². The molecule has 1 rings (SSSR count). The number of aliphatic hydroxyl groups excluding tert-OH is 1. The maximum Gasteiger partial charge on any atom is 0.0680 e. The molecule has 1 aromatic carbocycles. The number of hydrogen-bond donors (Lipinski definition) is 1. The van der Waals surface area contributed by atoms with E-state index in [1.54, 1.807) is 0 Å². The summed E-state index contributed by atoms with van der Waals surface area (Å²) in [5.74, 6) is 0. The Hall–Kier alpha value is -0.603. The Morgan fingerprint density at radius 1 is 1.33 bits per heavy atom. The predicted molar refractivity (Wildman–Crippen MR) is 41.9 cm³/mol. The summed E-state index contributed by atoms with van der Waals surface area (Å²) >= 11 is 0. The van der Waals surface area contributed by atoms with E-state index in [4.69, 9.17) is 5.11 Å². The van der Waals surface area contributed by atoms with Gasteiger partial charge in [-0.15, -0.1) is 0 Å². The standard InChI is InChI=1S/C7H10OSi/c8-5-6-3-1-2-4-7(6)9/h1-4,8H,5H2,9H3. The Bertz CT molecular complexity index is 198. The van der Waals surface area contributed by atoms with E-state index < -0.39 is 0 Å². The summed E-state index contributed by atoms with van der Waals surface area (Å²) in [5.41, 5.74) is 1.07. The van der Waals surface area contributed by atoms with Gasteiger partial charge in [-0.2, -0.15) is 0 Å². The molecule has 0 bridgehead atoms. The van der Waals surface area contributed by atoms with Gasteiger partial charge in [0.2, 0.25) is 0 Å². The molecular formula is C7H10OSi. The minimum atomic E-state index is 0.180. The Balaban J connectivity index is 3.01. The van der Waals surface area contributed by atoms with Crippen molar-refractivity contribution in [2.24, 2.45) is 0 Å². The molecule has 48 valence electrons. The second-order valence-corrected chi connectivity index (χ2v) is 3.16. The van der Waals surface area contributed by atoms with Crippen LogP contribution in [0.3, 0.4) is 0 Å². The second kappa shape index (κ2) is 2.80. The summed E-state index contributed by atoms with van der Waals surface area (Å²) in [4.78, 5) is 0. The highest BCUT2D eigenvalue weighted by molar-refractivity contribution is 6.33. The fourth-order valence-electron chi connectivity index (χ4n) is 0.787. The Morgan fingerprint density at radius 3 is 2.44 bits per heavy atom. The summed E-state index contributed by atoms with van der Waals surface area (Å²) in [5, 5.41) is 10.0. The number of hydrogen-bond acceptors (Lipinski definition) is 1. The fraction of sp³-hybridized carbons (Fsp3) is 0.143. The van der Waals surface area contributed by atoms with Crippen LogP contribution in [0.2, 0.25) is 0 Å². The first-order chi connectivity index (χ1) is 4.34. The largest absolute Gasteiger partial charge is 0.392 e. The molecule has 0 aliphatic rings. The molecule has 1 aromatic rings. The molecule has 0 heterocycles. The van der Waals surface area contributed by atoms with E-state index in [-0.39, 0.29) is 6.61 Å². The van der Waals surface area contributed by atoms with Gasteiger partial charge in [0.05, 0.1) is 6.61 Å². The molecule has 0 spiro atoms. The van der Waals surface area contributed by atoms with Crippen LogP contribution < -0.4 is 5.19 Å². The average Bonchev–Trinajstić information content (AvgIpc) is 1.89. The molecule has 0 saturated heterocycles. The van der Waals surface area contributed by atoms with Crippen LogP contribution in [-0.4, -0.2) is 15.3 Å². The van der Waals surface area contributed by atoms with E-state index in [9.17, 15) is 0 Å². The first-order valence-electron chi connectivity index (χ1n) is 3.00. The molecule has 0 atom stereocenters. The normalized spacial score (nSPS) is 9.89. The zero-order valence-corrected chi connectivity index (χ0v) is 7.46. The highest BCUT2D eigenvalue weighted by atomic mass is 28.1. The Morgan fingerprint density at radius 2 is 2.00 bits per heavy atom. The maximum atomic E-state index is 8.74. The van der Waals surface area contributed by atoms with Crippen LogP contribution in [0.4, 0.5) is 0 Å². The van der Waals surface area contributed by atoms with Crippen molar-refractivity contribution in [1.29, 1.82) is 0 Å². The monoisotopic (exact) mass is 138 g/mol. The Labute approximate surface area is 57.8 Å². The van der Waals surface area contributed by atoms with Crippen LogP contribution in [0.15, 0.2) is 24.3 Å². The average molecular weight is 138 g/mol. The summed E-state index contributed by atoms with van der Waals surface area (Å²) in [6.07, 6.45) is 0. The van der Waals surface area contributed by atoms with Gasteiger partial charge >= 0.3 is 0 Å². The SMILES string of the molecule is OCc1ccccc1[SiH3]. The molecule has 0 aliphatic heterocycles. The summed E-state index contributed by atoms with van der Waals surface area (Å²) in [7, 11) is 1.03. The first kappa shape index (κ1) is 6.52. The molecule has 0 saturated carbocycles. The molecular weight excluding hydrogens is 128 g/mol. The zero-order valence-electron chi connectivity index (χ0n) is 5.46. The van der Waals surface area contributed by atoms with Crippen molar-refractivity contribution in [2.75, 3.05) is 0 Å².